The van der Waals surface area contributed by atoms with E-state index in [2.05, 4.69) is 10.6 Å². The van der Waals surface area contributed by atoms with Crippen molar-refractivity contribution in [1.82, 2.24) is 5.32 Å². The number of nitrogens with one attached hydrogen (secondary N) is 2. The number of anilines is 1. The number of rotatable bonds is 5. The van der Waals surface area contributed by atoms with E-state index in [9.17, 15) is 9.59 Å². The molecule has 2 aromatic carbocycles. The molecule has 1 atom stereocenters. The number of alkyl carbamates (subject to hydrolysis) is 1. The summed E-state index contributed by atoms with van der Waals surface area (Å²) in [5.41, 5.74) is 2.24. The van der Waals surface area contributed by atoms with Crippen molar-refractivity contribution in [2.75, 3.05) is 5.32 Å². The highest BCUT2D eigenvalue weighted by Crippen LogP contribution is 2.21. The Morgan fingerprint density at radius 2 is 1.44 bits per heavy atom. The molecule has 0 aromatic heterocycles. The molecule has 2 aromatic rings. The van der Waals surface area contributed by atoms with Gasteiger partial charge in [-0.1, -0.05) is 56.3 Å². The van der Waals surface area contributed by atoms with E-state index in [0.29, 0.717) is 5.69 Å². The van der Waals surface area contributed by atoms with Gasteiger partial charge in [0, 0.05) is 5.69 Å². The summed E-state index contributed by atoms with van der Waals surface area (Å²) in [6.07, 6.45) is -0.601. The number of hydrogen-bond donors (Lipinski definition) is 2. The minimum atomic E-state index is -0.686. The Kier molecular flexibility index (Phi) is 6.61. The van der Waals surface area contributed by atoms with Crippen molar-refractivity contribution in [2.45, 2.75) is 46.3 Å². The Morgan fingerprint density at radius 3 is 1.96 bits per heavy atom. The van der Waals surface area contributed by atoms with Crippen molar-refractivity contribution in [3.05, 3.63) is 54.6 Å². The van der Waals surface area contributed by atoms with Crippen LogP contribution in [-0.4, -0.2) is 23.6 Å². The lowest BCUT2D eigenvalue weighted by atomic mass is 10.0. The molecule has 0 spiro atoms. The van der Waals surface area contributed by atoms with E-state index in [1.807, 2.05) is 68.4 Å². The van der Waals surface area contributed by atoms with Gasteiger partial charge in [-0.05, 0) is 49.9 Å². The van der Waals surface area contributed by atoms with Gasteiger partial charge in [0.25, 0.3) is 0 Å². The fourth-order valence-corrected chi connectivity index (χ4v) is 2.57. The number of amides is 2. The van der Waals surface area contributed by atoms with Crippen molar-refractivity contribution < 1.29 is 14.3 Å². The second-order valence-electron chi connectivity index (χ2n) is 7.80. The molecule has 0 heterocycles. The van der Waals surface area contributed by atoms with Crippen LogP contribution in [0.2, 0.25) is 0 Å². The third-order valence-corrected chi connectivity index (χ3v) is 3.88. The van der Waals surface area contributed by atoms with Crippen molar-refractivity contribution in [2.24, 2.45) is 5.92 Å². The van der Waals surface area contributed by atoms with Crippen LogP contribution < -0.4 is 10.6 Å². The summed E-state index contributed by atoms with van der Waals surface area (Å²) < 4.78 is 5.25. The number of ether oxygens (including phenoxy) is 1. The Labute approximate surface area is 161 Å². The molecule has 2 amide bonds. The average Bonchev–Trinajstić information content (AvgIpc) is 2.59. The van der Waals surface area contributed by atoms with Crippen LogP contribution in [0.25, 0.3) is 11.1 Å². The summed E-state index contributed by atoms with van der Waals surface area (Å²) in [6, 6.07) is 16.9. The summed E-state index contributed by atoms with van der Waals surface area (Å²) in [6.45, 7) is 9.10. The monoisotopic (exact) mass is 368 g/mol. The van der Waals surface area contributed by atoms with Crippen molar-refractivity contribution in [1.29, 1.82) is 0 Å². The zero-order valence-corrected chi connectivity index (χ0v) is 16.6. The van der Waals surface area contributed by atoms with Gasteiger partial charge in [0.2, 0.25) is 5.91 Å². The van der Waals surface area contributed by atoms with Crippen molar-refractivity contribution in [3.8, 4) is 11.1 Å². The highest BCUT2D eigenvalue weighted by Gasteiger charge is 2.27. The molecule has 0 aliphatic carbocycles. The van der Waals surface area contributed by atoms with Crippen LogP contribution in [0.15, 0.2) is 54.6 Å². The van der Waals surface area contributed by atoms with Gasteiger partial charge < -0.3 is 15.4 Å². The van der Waals surface area contributed by atoms with Crippen LogP contribution in [-0.2, 0) is 9.53 Å². The molecule has 2 N–H and O–H groups in total. The van der Waals surface area contributed by atoms with E-state index in [-0.39, 0.29) is 11.8 Å². The largest absolute Gasteiger partial charge is 0.444 e. The molecule has 2 rings (SSSR count). The van der Waals surface area contributed by atoms with Crippen LogP contribution in [0.4, 0.5) is 10.5 Å². The van der Waals surface area contributed by atoms with E-state index >= 15 is 0 Å². The van der Waals surface area contributed by atoms with Crippen LogP contribution in [0.3, 0.4) is 0 Å². The molecular formula is C22H28N2O3. The number of carbonyl (C=O) groups excluding carboxylic acids is 2. The molecule has 0 bridgehead atoms. The first-order valence-electron chi connectivity index (χ1n) is 9.11. The molecule has 0 aliphatic heterocycles. The third kappa shape index (κ3) is 6.44. The second-order valence-corrected chi connectivity index (χ2v) is 7.80. The van der Waals surface area contributed by atoms with Gasteiger partial charge in [-0.3, -0.25) is 4.79 Å². The lowest BCUT2D eigenvalue weighted by molar-refractivity contribution is -0.119. The van der Waals surface area contributed by atoms with Gasteiger partial charge in [0.05, 0.1) is 0 Å². The van der Waals surface area contributed by atoms with Gasteiger partial charge >= 0.3 is 6.09 Å². The highest BCUT2D eigenvalue weighted by molar-refractivity contribution is 5.97. The lowest BCUT2D eigenvalue weighted by Crippen LogP contribution is -2.48. The molecule has 0 saturated carbocycles. The molecule has 0 aliphatic rings. The molecule has 5 nitrogen and oxygen atoms in total. The van der Waals surface area contributed by atoms with Crippen molar-refractivity contribution >= 4 is 17.7 Å². The minimum Gasteiger partial charge on any atom is -0.444 e. The maximum atomic E-state index is 12.6. The smallest absolute Gasteiger partial charge is 0.408 e. The van der Waals surface area contributed by atoms with Crippen LogP contribution >= 0.6 is 0 Å². The Balaban J connectivity index is 2.03. The van der Waals surface area contributed by atoms with E-state index < -0.39 is 17.7 Å². The summed E-state index contributed by atoms with van der Waals surface area (Å²) in [5.74, 6) is -0.357. The first-order valence-corrected chi connectivity index (χ1v) is 9.11. The van der Waals surface area contributed by atoms with Crippen molar-refractivity contribution in [3.63, 3.8) is 0 Å². The summed E-state index contributed by atoms with van der Waals surface area (Å²) in [7, 11) is 0. The summed E-state index contributed by atoms with van der Waals surface area (Å²) in [4.78, 5) is 24.6. The van der Waals surface area contributed by atoms with E-state index in [0.717, 1.165) is 11.1 Å². The fraction of sp³-hybridized carbons (Fsp3) is 0.364. The van der Waals surface area contributed by atoms with Gasteiger partial charge in [-0.15, -0.1) is 0 Å². The maximum Gasteiger partial charge on any atom is 0.408 e. The average molecular weight is 368 g/mol. The number of benzene rings is 2. The molecule has 5 heteroatoms. The predicted molar refractivity (Wildman–Crippen MR) is 109 cm³/mol. The predicted octanol–water partition coefficient (Wildman–Crippen LogP) is 4.84. The second kappa shape index (κ2) is 8.71. The number of carbonyl (C=O) groups is 2. The first-order chi connectivity index (χ1) is 12.7. The van der Waals surface area contributed by atoms with Crippen LogP contribution in [0.5, 0.6) is 0 Å². The molecule has 0 saturated heterocycles. The topological polar surface area (TPSA) is 67.4 Å². The van der Waals surface area contributed by atoms with Crippen LogP contribution in [0, 0.1) is 5.92 Å². The summed E-state index contributed by atoms with van der Waals surface area (Å²) in [5, 5.41) is 5.52. The van der Waals surface area contributed by atoms with E-state index in [1.54, 1.807) is 20.8 Å². The van der Waals surface area contributed by atoms with Gasteiger partial charge in [-0.25, -0.2) is 4.79 Å². The third-order valence-electron chi connectivity index (χ3n) is 3.88. The minimum absolute atomic E-state index is 0.0823. The van der Waals surface area contributed by atoms with E-state index in [4.69, 9.17) is 4.74 Å². The van der Waals surface area contributed by atoms with Crippen LogP contribution in [0.1, 0.15) is 34.6 Å². The molecular weight excluding hydrogens is 340 g/mol. The van der Waals surface area contributed by atoms with Gasteiger partial charge in [0.1, 0.15) is 11.6 Å². The molecule has 27 heavy (non-hydrogen) atoms. The van der Waals surface area contributed by atoms with Gasteiger partial charge in [0.15, 0.2) is 0 Å². The summed E-state index contributed by atoms with van der Waals surface area (Å²) >= 11 is 0. The Hall–Kier alpha value is -2.82. The molecule has 0 radical (unpaired) electrons. The Bertz CT molecular complexity index is 762. The van der Waals surface area contributed by atoms with E-state index in [1.165, 1.54) is 0 Å². The lowest BCUT2D eigenvalue weighted by Gasteiger charge is -2.25. The molecule has 144 valence electrons. The fourth-order valence-electron chi connectivity index (χ4n) is 2.57. The number of hydrogen-bond acceptors (Lipinski definition) is 3. The maximum absolute atomic E-state index is 12.6. The standard InChI is InChI=1S/C22H28N2O3/c1-15(2)19(24-21(26)27-22(3,4)5)20(25)23-18-13-11-17(12-14-18)16-9-7-6-8-10-16/h6-15,19H,1-5H3,(H,23,25)(H,24,26). The SMILES string of the molecule is CC(C)C(NC(=O)OC(C)(C)C)C(=O)Nc1ccc(-c2ccccc2)cc1. The zero-order valence-electron chi connectivity index (χ0n) is 16.6. The van der Waals surface area contributed by atoms with Gasteiger partial charge in [-0.2, -0.15) is 0 Å². The molecule has 0 fully saturated rings. The highest BCUT2D eigenvalue weighted by atomic mass is 16.6. The zero-order chi connectivity index (χ0) is 20.0. The normalized spacial score (nSPS) is 12.4. The quantitative estimate of drug-likeness (QED) is 0.793. The molecule has 1 unspecified atom stereocenters. The Morgan fingerprint density at radius 1 is 0.889 bits per heavy atom. The first kappa shape index (κ1) is 20.5.